The lowest BCUT2D eigenvalue weighted by Crippen LogP contribution is -2.46. The molecular formula is C29H33N3O8Si. The third-order valence-corrected chi connectivity index (χ3v) is 10.8. The Hall–Kier alpha value is -3.84. The molecule has 11 nitrogen and oxygen atoms in total. The number of benzene rings is 2. The zero-order valence-corrected chi connectivity index (χ0v) is 24.3. The first kappa shape index (κ1) is 28.7. The van der Waals surface area contributed by atoms with E-state index in [1.807, 2.05) is 19.1 Å². The Labute approximate surface area is 237 Å². The van der Waals surface area contributed by atoms with Crippen molar-refractivity contribution in [1.82, 2.24) is 4.57 Å². The average Bonchev–Trinajstić information content (AvgIpc) is 3.36. The van der Waals surface area contributed by atoms with Gasteiger partial charge in [-0.05, 0) is 55.4 Å². The Kier molecular flexibility index (Phi) is 7.36. The number of aromatic nitrogens is 1. The van der Waals surface area contributed by atoms with Crippen molar-refractivity contribution < 1.29 is 29.1 Å². The molecule has 0 aliphatic carbocycles. The Balaban J connectivity index is 1.55. The fraction of sp³-hybridized carbons (Fsp3) is 0.379. The van der Waals surface area contributed by atoms with E-state index in [0.29, 0.717) is 16.9 Å². The number of nitro groups is 1. The molecule has 5 rings (SSSR count). The van der Waals surface area contributed by atoms with Crippen LogP contribution < -0.4 is 15.2 Å². The van der Waals surface area contributed by atoms with Crippen molar-refractivity contribution in [2.75, 3.05) is 18.6 Å². The molecule has 1 amide bonds. The molecule has 0 radical (unpaired) electrons. The van der Waals surface area contributed by atoms with Gasteiger partial charge in [-0.3, -0.25) is 24.3 Å². The number of non-ortho nitro benzene ring substituents is 1. The molecule has 216 valence electrons. The number of rotatable bonds is 8. The minimum absolute atomic E-state index is 0.157. The Bertz CT molecular complexity index is 1550. The lowest BCUT2D eigenvalue weighted by Gasteiger charge is -2.32. The van der Waals surface area contributed by atoms with Crippen LogP contribution in [0.15, 0.2) is 65.6 Å². The normalized spacial score (nSPS) is 23.7. The first-order valence-corrected chi connectivity index (χ1v) is 16.4. The molecule has 2 N–H and O–H groups in total. The van der Waals surface area contributed by atoms with Gasteiger partial charge in [-0.25, -0.2) is 0 Å². The van der Waals surface area contributed by atoms with Crippen LogP contribution in [0.3, 0.4) is 0 Å². The summed E-state index contributed by atoms with van der Waals surface area (Å²) in [5.74, 6) is -0.642. The molecule has 2 aliphatic rings. The second kappa shape index (κ2) is 10.5. The Morgan fingerprint density at radius 2 is 1.85 bits per heavy atom. The Morgan fingerprint density at radius 3 is 2.46 bits per heavy atom. The maximum absolute atomic E-state index is 14.4. The zero-order chi connectivity index (χ0) is 29.7. The van der Waals surface area contributed by atoms with Crippen LogP contribution >= 0.6 is 0 Å². The van der Waals surface area contributed by atoms with E-state index < -0.39 is 30.9 Å². The number of aliphatic hydroxyl groups excluding tert-OH is 1. The molecule has 3 aromatic rings. The highest BCUT2D eigenvalue weighted by molar-refractivity contribution is 6.71. The molecule has 1 fully saturated rings. The first-order valence-electron chi connectivity index (χ1n) is 13.4. The average molecular weight is 580 g/mol. The molecule has 0 saturated carbocycles. The Morgan fingerprint density at radius 1 is 1.15 bits per heavy atom. The second-order valence-corrected chi connectivity index (χ2v) is 15.1. The first-order chi connectivity index (χ1) is 19.4. The van der Waals surface area contributed by atoms with Crippen LogP contribution in [0.1, 0.15) is 24.5 Å². The number of carbonyl (C=O) groups is 1. The number of hydrogen-bond donors (Lipinski definition) is 2. The summed E-state index contributed by atoms with van der Waals surface area (Å²) >= 11 is 0. The van der Waals surface area contributed by atoms with Crippen LogP contribution in [0.25, 0.3) is 5.69 Å². The van der Waals surface area contributed by atoms with Crippen molar-refractivity contribution in [1.29, 1.82) is 0 Å². The molecule has 1 aromatic heterocycles. The summed E-state index contributed by atoms with van der Waals surface area (Å²) in [6.07, 6.45) is 1.29. The predicted molar refractivity (Wildman–Crippen MR) is 154 cm³/mol. The maximum Gasteiger partial charge on any atom is 0.297 e. The second-order valence-electron chi connectivity index (χ2n) is 11.1. The monoisotopic (exact) mass is 579 g/mol. The molecule has 1 spiro atoms. The minimum atomic E-state index is -2.89. The van der Waals surface area contributed by atoms with Gasteiger partial charge >= 0.3 is 0 Å². The molecule has 4 atom stereocenters. The van der Waals surface area contributed by atoms with E-state index in [1.54, 1.807) is 54.5 Å². The number of hydrogen-bond acceptors (Lipinski definition) is 8. The highest BCUT2D eigenvalue weighted by Crippen LogP contribution is 2.60. The summed E-state index contributed by atoms with van der Waals surface area (Å²) < 4.78 is 13.1. The van der Waals surface area contributed by atoms with Crippen molar-refractivity contribution in [3.8, 4) is 11.4 Å². The van der Waals surface area contributed by atoms with Gasteiger partial charge in [0.15, 0.2) is 19.7 Å². The van der Waals surface area contributed by atoms with Crippen LogP contribution in [0.5, 0.6) is 5.75 Å². The number of carbonyl (C=O) groups excluding carboxylic acids is 1. The number of nitro benzene ring substituents is 1. The van der Waals surface area contributed by atoms with Crippen molar-refractivity contribution in [2.24, 2.45) is 5.92 Å². The molecule has 0 bridgehead atoms. The smallest absolute Gasteiger partial charge is 0.297 e. The van der Waals surface area contributed by atoms with Gasteiger partial charge in [0.25, 0.3) is 17.2 Å². The van der Waals surface area contributed by atoms with E-state index in [0.717, 1.165) is 5.56 Å². The standard InChI is InChI=1S/C29H33N3O8Si/c1-18-26(41(3,4)38)24(13-15-33)40-29(18)22-16-21(32(36)37)11-12-23(22)31(28(29)35)17-19-7-9-20(10-8-19)30-14-5-6-25(39-2)27(30)34/h5-12,14,16,18,24,26,33,38H,13,15,17H2,1-4H3/t18-,24+,26-,29+/m1/s1. The van der Waals surface area contributed by atoms with Crippen LogP contribution in [0, 0.1) is 16.0 Å². The van der Waals surface area contributed by atoms with Gasteiger partial charge in [-0.15, -0.1) is 0 Å². The van der Waals surface area contributed by atoms with E-state index in [9.17, 15) is 29.6 Å². The van der Waals surface area contributed by atoms with Gasteiger partial charge in [0.1, 0.15) is 0 Å². The largest absolute Gasteiger partial charge is 0.491 e. The number of amides is 1. The molecule has 1 saturated heterocycles. The number of methoxy groups -OCH3 is 1. The summed E-state index contributed by atoms with van der Waals surface area (Å²) in [6.45, 7) is 5.38. The summed E-state index contributed by atoms with van der Waals surface area (Å²) in [5.41, 5.74) is -0.0955. The number of pyridine rings is 1. The van der Waals surface area contributed by atoms with E-state index >= 15 is 0 Å². The lowest BCUT2D eigenvalue weighted by atomic mass is 9.82. The highest BCUT2D eigenvalue weighted by atomic mass is 28.4. The maximum atomic E-state index is 14.4. The van der Waals surface area contributed by atoms with Crippen molar-refractivity contribution >= 4 is 25.6 Å². The molecule has 0 unspecified atom stereocenters. The van der Waals surface area contributed by atoms with Crippen molar-refractivity contribution in [3.05, 3.63) is 92.4 Å². The van der Waals surface area contributed by atoms with Gasteiger partial charge in [0.2, 0.25) is 0 Å². The summed E-state index contributed by atoms with van der Waals surface area (Å²) in [5, 5.41) is 21.5. The lowest BCUT2D eigenvalue weighted by molar-refractivity contribution is -0.385. The number of nitrogens with zero attached hydrogens (tertiary/aromatic N) is 3. The van der Waals surface area contributed by atoms with Gasteiger partial charge in [-0.1, -0.05) is 19.1 Å². The number of aliphatic hydroxyl groups is 1. The van der Waals surface area contributed by atoms with E-state index in [4.69, 9.17) is 9.47 Å². The SMILES string of the molecule is COc1cccn(-c2ccc(CN3C(=O)[C@@]4(O[C@@H](CCO)[C@H]([Si](C)(C)O)[C@H]4C)c4cc([N+](=O)[O-])ccc43)cc2)c1=O. The zero-order valence-electron chi connectivity index (χ0n) is 23.3. The molecular weight excluding hydrogens is 546 g/mol. The van der Waals surface area contributed by atoms with Gasteiger partial charge < -0.3 is 24.3 Å². The molecule has 2 aliphatic heterocycles. The topological polar surface area (TPSA) is 144 Å². The fourth-order valence-electron chi connectivity index (χ4n) is 6.51. The van der Waals surface area contributed by atoms with E-state index in [-0.39, 0.29) is 48.0 Å². The highest BCUT2D eigenvalue weighted by Gasteiger charge is 2.66. The number of fused-ring (bicyclic) bond motifs is 2. The molecule has 3 heterocycles. The minimum Gasteiger partial charge on any atom is -0.491 e. The van der Waals surface area contributed by atoms with Gasteiger partial charge in [0.05, 0.1) is 30.4 Å². The predicted octanol–water partition coefficient (Wildman–Crippen LogP) is 3.48. The van der Waals surface area contributed by atoms with Crippen LogP contribution in [0.2, 0.25) is 18.6 Å². The summed E-state index contributed by atoms with van der Waals surface area (Å²) in [7, 11) is -1.46. The van der Waals surface area contributed by atoms with E-state index in [2.05, 4.69) is 0 Å². The number of anilines is 1. The molecule has 12 heteroatoms. The quantitative estimate of drug-likeness (QED) is 0.235. The third kappa shape index (κ3) is 4.66. The number of ether oxygens (including phenoxy) is 2. The summed E-state index contributed by atoms with van der Waals surface area (Å²) in [6, 6.07) is 14.8. The van der Waals surface area contributed by atoms with Crippen molar-refractivity contribution in [3.63, 3.8) is 0 Å². The van der Waals surface area contributed by atoms with Gasteiger partial charge in [-0.2, -0.15) is 0 Å². The van der Waals surface area contributed by atoms with Crippen LogP contribution in [-0.4, -0.2) is 53.4 Å². The fourth-order valence-corrected chi connectivity index (χ4v) is 9.11. The third-order valence-electron chi connectivity index (χ3n) is 8.28. The summed E-state index contributed by atoms with van der Waals surface area (Å²) in [4.78, 5) is 51.0. The van der Waals surface area contributed by atoms with Crippen LogP contribution in [-0.2, 0) is 21.7 Å². The van der Waals surface area contributed by atoms with E-state index in [1.165, 1.54) is 23.8 Å². The van der Waals surface area contributed by atoms with Crippen LogP contribution in [0.4, 0.5) is 11.4 Å². The van der Waals surface area contributed by atoms with Crippen molar-refractivity contribution in [2.45, 2.75) is 50.2 Å². The van der Waals surface area contributed by atoms with Gasteiger partial charge in [0, 0.05) is 47.6 Å². The molecule has 2 aromatic carbocycles. The molecule has 41 heavy (non-hydrogen) atoms.